The van der Waals surface area contributed by atoms with Crippen LogP contribution in [0, 0.1) is 6.92 Å². The monoisotopic (exact) mass is 413 g/mol. The van der Waals surface area contributed by atoms with E-state index in [0.29, 0.717) is 10.6 Å². The van der Waals surface area contributed by atoms with Gasteiger partial charge in [0.1, 0.15) is 12.1 Å². The number of rotatable bonds is 5. The van der Waals surface area contributed by atoms with Gasteiger partial charge >= 0.3 is 6.03 Å². The summed E-state index contributed by atoms with van der Waals surface area (Å²) in [6.07, 6.45) is 0. The molecule has 1 aliphatic heterocycles. The van der Waals surface area contributed by atoms with Crippen LogP contribution in [-0.4, -0.2) is 29.3 Å². The van der Waals surface area contributed by atoms with Gasteiger partial charge < -0.3 is 10.6 Å². The molecule has 0 radical (unpaired) electrons. The molecule has 29 heavy (non-hydrogen) atoms. The van der Waals surface area contributed by atoms with E-state index in [-0.39, 0.29) is 12.5 Å². The van der Waals surface area contributed by atoms with Crippen LogP contribution < -0.4 is 10.6 Å². The van der Waals surface area contributed by atoms with Crippen molar-refractivity contribution in [2.24, 2.45) is 0 Å². The number of anilines is 1. The fourth-order valence-corrected chi connectivity index (χ4v) is 3.61. The van der Waals surface area contributed by atoms with E-state index in [4.69, 9.17) is 11.6 Å². The van der Waals surface area contributed by atoms with Crippen molar-refractivity contribution >= 4 is 35.1 Å². The van der Waals surface area contributed by atoms with E-state index >= 15 is 0 Å². The van der Waals surface area contributed by atoms with Crippen LogP contribution in [0.25, 0.3) is 0 Å². The molecule has 7 heteroatoms. The van der Waals surface area contributed by atoms with Gasteiger partial charge in [-0.15, -0.1) is 0 Å². The third-order valence-corrected chi connectivity index (χ3v) is 5.44. The number of carbonyl (C=O) groups excluding carboxylic acids is 3. The van der Waals surface area contributed by atoms with Gasteiger partial charge in [-0.25, -0.2) is 4.79 Å². The van der Waals surface area contributed by atoms with E-state index in [1.54, 1.807) is 31.2 Å². The fraction of sp³-hybridized carbons (Fsp3) is 0.318. The Morgan fingerprint density at radius 2 is 1.83 bits per heavy atom. The first-order valence-electron chi connectivity index (χ1n) is 9.43. The summed E-state index contributed by atoms with van der Waals surface area (Å²) in [6.45, 7) is 7.25. The smallest absolute Gasteiger partial charge is 0.324 e. The van der Waals surface area contributed by atoms with E-state index in [2.05, 4.69) is 10.6 Å². The predicted molar refractivity (Wildman–Crippen MR) is 113 cm³/mol. The molecular weight excluding hydrogens is 390 g/mol. The minimum atomic E-state index is -1.24. The molecule has 0 aromatic heterocycles. The van der Waals surface area contributed by atoms with Gasteiger partial charge in [-0.1, -0.05) is 55.8 Å². The summed E-state index contributed by atoms with van der Waals surface area (Å²) in [5, 5.41) is 6.09. The van der Waals surface area contributed by atoms with Crippen LogP contribution in [-0.2, 0) is 15.1 Å². The summed E-state index contributed by atoms with van der Waals surface area (Å²) in [5.41, 5.74) is 2.01. The van der Waals surface area contributed by atoms with Crippen molar-refractivity contribution in [3.05, 3.63) is 64.2 Å². The minimum Gasteiger partial charge on any atom is -0.324 e. The molecule has 0 saturated carbocycles. The van der Waals surface area contributed by atoms with E-state index in [9.17, 15) is 14.4 Å². The molecule has 0 unspecified atom stereocenters. The highest BCUT2D eigenvalue weighted by Gasteiger charge is 2.49. The van der Waals surface area contributed by atoms with Crippen molar-refractivity contribution in [3.8, 4) is 0 Å². The highest BCUT2D eigenvalue weighted by molar-refractivity contribution is 6.30. The molecule has 152 valence electrons. The Bertz CT molecular complexity index is 972. The fourth-order valence-electron chi connectivity index (χ4n) is 3.48. The van der Waals surface area contributed by atoms with Crippen molar-refractivity contribution in [1.82, 2.24) is 10.2 Å². The van der Waals surface area contributed by atoms with Crippen LogP contribution in [0.15, 0.2) is 42.5 Å². The van der Waals surface area contributed by atoms with Crippen molar-refractivity contribution in [2.75, 3.05) is 11.9 Å². The second kappa shape index (κ2) is 7.87. The summed E-state index contributed by atoms with van der Waals surface area (Å²) in [7, 11) is 0. The number of nitrogens with one attached hydrogen (secondary N) is 2. The zero-order chi connectivity index (χ0) is 21.3. The van der Waals surface area contributed by atoms with Crippen molar-refractivity contribution in [1.29, 1.82) is 0 Å². The van der Waals surface area contributed by atoms with Crippen LogP contribution in [0.2, 0.25) is 5.02 Å². The predicted octanol–water partition coefficient (Wildman–Crippen LogP) is 4.18. The summed E-state index contributed by atoms with van der Waals surface area (Å²) in [4.78, 5) is 39.1. The molecule has 1 fully saturated rings. The molecule has 2 aromatic carbocycles. The maximum Gasteiger partial charge on any atom is 0.325 e. The Morgan fingerprint density at radius 3 is 2.45 bits per heavy atom. The molecule has 1 atom stereocenters. The van der Waals surface area contributed by atoms with E-state index in [1.807, 2.05) is 39.0 Å². The standard InChI is InChI=1S/C22H24ClN3O3/c1-13(2)17-7-5-6-14(3)19(17)24-18(27)12-26-20(28)22(4,25-21(26)29)15-8-10-16(23)11-9-15/h5-11,13H,12H2,1-4H3,(H,24,27)(H,25,29)/t22-/m1/s1. The Kier molecular flexibility index (Phi) is 5.66. The number of urea groups is 1. The zero-order valence-corrected chi connectivity index (χ0v) is 17.6. The lowest BCUT2D eigenvalue weighted by Crippen LogP contribution is -2.42. The lowest BCUT2D eigenvalue weighted by atomic mass is 9.92. The van der Waals surface area contributed by atoms with Crippen molar-refractivity contribution < 1.29 is 14.4 Å². The molecular formula is C22H24ClN3O3. The second-order valence-electron chi connectivity index (χ2n) is 7.70. The molecule has 3 rings (SSSR count). The van der Waals surface area contributed by atoms with E-state index < -0.39 is 23.4 Å². The van der Waals surface area contributed by atoms with Gasteiger partial charge in [-0.2, -0.15) is 0 Å². The molecule has 4 amide bonds. The number of amides is 4. The molecule has 1 heterocycles. The number of benzene rings is 2. The van der Waals surface area contributed by atoms with Gasteiger partial charge in [0.2, 0.25) is 5.91 Å². The number of hydrogen-bond donors (Lipinski definition) is 2. The number of halogens is 1. The number of carbonyl (C=O) groups is 3. The Balaban J connectivity index is 1.79. The van der Waals surface area contributed by atoms with Crippen LogP contribution in [0.4, 0.5) is 10.5 Å². The summed E-state index contributed by atoms with van der Waals surface area (Å²) < 4.78 is 0. The average Bonchev–Trinajstić information content (AvgIpc) is 2.87. The lowest BCUT2D eigenvalue weighted by Gasteiger charge is -2.22. The first-order valence-corrected chi connectivity index (χ1v) is 9.81. The van der Waals surface area contributed by atoms with Crippen LogP contribution in [0.1, 0.15) is 43.4 Å². The number of para-hydroxylation sites is 1. The maximum absolute atomic E-state index is 13.0. The number of aryl methyl sites for hydroxylation is 1. The normalized spacial score (nSPS) is 18.9. The van der Waals surface area contributed by atoms with Gasteiger partial charge in [0.05, 0.1) is 0 Å². The molecule has 1 saturated heterocycles. The van der Waals surface area contributed by atoms with Gasteiger partial charge in [0.15, 0.2) is 0 Å². The second-order valence-corrected chi connectivity index (χ2v) is 8.13. The first-order chi connectivity index (χ1) is 13.6. The van der Waals surface area contributed by atoms with Gasteiger partial charge in [0, 0.05) is 10.7 Å². The quantitative estimate of drug-likeness (QED) is 0.722. The SMILES string of the molecule is Cc1cccc(C(C)C)c1NC(=O)CN1C(=O)N[C@](C)(c2ccc(Cl)cc2)C1=O. The molecule has 2 aromatic rings. The number of hydrogen-bond acceptors (Lipinski definition) is 3. The molecule has 6 nitrogen and oxygen atoms in total. The summed E-state index contributed by atoms with van der Waals surface area (Å²) >= 11 is 5.92. The summed E-state index contributed by atoms with van der Waals surface area (Å²) in [6, 6.07) is 11.9. The van der Waals surface area contributed by atoms with Crippen LogP contribution in [0.5, 0.6) is 0 Å². The molecule has 0 aliphatic carbocycles. The highest BCUT2D eigenvalue weighted by Crippen LogP contribution is 2.30. The van der Waals surface area contributed by atoms with E-state index in [1.165, 1.54) is 0 Å². The molecule has 0 spiro atoms. The first kappa shape index (κ1) is 20.9. The van der Waals surface area contributed by atoms with Gasteiger partial charge in [-0.3, -0.25) is 14.5 Å². The number of imide groups is 1. The van der Waals surface area contributed by atoms with Gasteiger partial charge in [-0.05, 0) is 48.6 Å². The van der Waals surface area contributed by atoms with Crippen LogP contribution >= 0.6 is 11.6 Å². The molecule has 0 bridgehead atoms. The molecule has 1 aliphatic rings. The largest absolute Gasteiger partial charge is 0.325 e. The maximum atomic E-state index is 13.0. The zero-order valence-electron chi connectivity index (χ0n) is 16.9. The van der Waals surface area contributed by atoms with Crippen molar-refractivity contribution in [3.63, 3.8) is 0 Å². The topological polar surface area (TPSA) is 78.5 Å². The number of nitrogens with zero attached hydrogens (tertiary/aromatic N) is 1. The third kappa shape index (κ3) is 3.98. The Hall–Kier alpha value is -2.86. The van der Waals surface area contributed by atoms with Gasteiger partial charge in [0.25, 0.3) is 5.91 Å². The van der Waals surface area contributed by atoms with Crippen molar-refractivity contribution in [2.45, 2.75) is 39.2 Å². The summed E-state index contributed by atoms with van der Waals surface area (Å²) in [5.74, 6) is -0.686. The Labute approximate surface area is 175 Å². The molecule has 2 N–H and O–H groups in total. The lowest BCUT2D eigenvalue weighted by molar-refractivity contribution is -0.133. The van der Waals surface area contributed by atoms with Crippen LogP contribution in [0.3, 0.4) is 0 Å². The minimum absolute atomic E-state index is 0.218. The van der Waals surface area contributed by atoms with E-state index in [0.717, 1.165) is 21.7 Å². The third-order valence-electron chi connectivity index (χ3n) is 5.19. The highest BCUT2D eigenvalue weighted by atomic mass is 35.5. The average molecular weight is 414 g/mol. The Morgan fingerprint density at radius 1 is 1.17 bits per heavy atom.